The second-order valence-corrected chi connectivity index (χ2v) is 9.76. The van der Waals surface area contributed by atoms with Crippen molar-refractivity contribution in [3.05, 3.63) is 70.8 Å². The number of amides is 1. The Morgan fingerprint density at radius 3 is 2.47 bits per heavy atom. The maximum atomic E-state index is 13.2. The average Bonchev–Trinajstić information content (AvgIpc) is 3.44. The second-order valence-electron chi connectivity index (χ2n) is 9.76. The smallest absolute Gasteiger partial charge is 0.225 e. The second kappa shape index (κ2) is 8.55. The number of benzene rings is 2. The van der Waals surface area contributed by atoms with Gasteiger partial charge in [-0.1, -0.05) is 66.9 Å². The van der Waals surface area contributed by atoms with Gasteiger partial charge >= 0.3 is 0 Å². The largest absolute Gasteiger partial charge is 0.341 e. The van der Waals surface area contributed by atoms with Gasteiger partial charge in [0.15, 0.2) is 0 Å². The van der Waals surface area contributed by atoms with Crippen LogP contribution in [-0.4, -0.2) is 41.9 Å². The Labute approximate surface area is 181 Å². The van der Waals surface area contributed by atoms with Crippen LogP contribution in [0, 0.1) is 18.8 Å². The van der Waals surface area contributed by atoms with Gasteiger partial charge in [0.25, 0.3) is 0 Å². The molecule has 1 saturated carbocycles. The fourth-order valence-corrected chi connectivity index (χ4v) is 5.90. The van der Waals surface area contributed by atoms with Gasteiger partial charge in [-0.2, -0.15) is 0 Å². The highest BCUT2D eigenvalue weighted by atomic mass is 16.2. The van der Waals surface area contributed by atoms with Crippen LogP contribution < -0.4 is 0 Å². The molecule has 3 heteroatoms. The van der Waals surface area contributed by atoms with Crippen LogP contribution in [0.5, 0.6) is 0 Å². The molecule has 158 valence electrons. The Morgan fingerprint density at radius 1 is 0.967 bits per heavy atom. The van der Waals surface area contributed by atoms with Crippen molar-refractivity contribution in [2.24, 2.45) is 11.8 Å². The lowest BCUT2D eigenvalue weighted by Gasteiger charge is -2.32. The Bertz CT molecular complexity index is 884. The monoisotopic (exact) mass is 402 g/mol. The number of carbonyl (C=O) groups is 1. The van der Waals surface area contributed by atoms with Crippen LogP contribution >= 0.6 is 0 Å². The molecule has 1 amide bonds. The van der Waals surface area contributed by atoms with E-state index in [4.69, 9.17) is 0 Å². The Balaban J connectivity index is 1.33. The molecule has 2 heterocycles. The molecule has 3 nitrogen and oxygen atoms in total. The zero-order chi connectivity index (χ0) is 20.5. The van der Waals surface area contributed by atoms with Crippen molar-refractivity contribution in [1.82, 2.24) is 9.80 Å². The molecule has 1 aliphatic carbocycles. The van der Waals surface area contributed by atoms with Gasteiger partial charge in [0.2, 0.25) is 5.91 Å². The zero-order valence-electron chi connectivity index (χ0n) is 18.2. The summed E-state index contributed by atoms with van der Waals surface area (Å²) < 4.78 is 0. The van der Waals surface area contributed by atoms with Crippen molar-refractivity contribution >= 4 is 5.91 Å². The molecule has 30 heavy (non-hydrogen) atoms. The van der Waals surface area contributed by atoms with E-state index in [-0.39, 0.29) is 5.92 Å². The molecular formula is C27H34N2O. The molecule has 2 unspecified atom stereocenters. The van der Waals surface area contributed by atoms with Crippen molar-refractivity contribution in [1.29, 1.82) is 0 Å². The molecule has 0 radical (unpaired) electrons. The fraction of sp³-hybridized carbons (Fsp3) is 0.519. The molecule has 0 N–H and O–H groups in total. The van der Waals surface area contributed by atoms with E-state index >= 15 is 0 Å². The average molecular weight is 403 g/mol. The summed E-state index contributed by atoms with van der Waals surface area (Å²) >= 11 is 0. The first-order valence-electron chi connectivity index (χ1n) is 11.8. The maximum Gasteiger partial charge on any atom is 0.225 e. The van der Waals surface area contributed by atoms with E-state index < -0.39 is 0 Å². The van der Waals surface area contributed by atoms with Crippen molar-refractivity contribution in [2.75, 3.05) is 26.2 Å². The number of rotatable bonds is 4. The molecule has 5 rings (SSSR count). The van der Waals surface area contributed by atoms with Crippen molar-refractivity contribution in [3.63, 3.8) is 0 Å². The van der Waals surface area contributed by atoms with Crippen LogP contribution in [-0.2, 0) is 17.8 Å². The minimum absolute atomic E-state index is 0.282. The number of nitrogens with zero attached hydrogens (tertiary/aromatic N) is 2. The van der Waals surface area contributed by atoms with Gasteiger partial charge in [-0.15, -0.1) is 0 Å². The van der Waals surface area contributed by atoms with Crippen LogP contribution in [0.2, 0.25) is 0 Å². The number of likely N-dealkylation sites (tertiary alicyclic amines) is 1. The number of carbonyl (C=O) groups excluding carboxylic acids is 1. The minimum Gasteiger partial charge on any atom is -0.341 e. The van der Waals surface area contributed by atoms with Gasteiger partial charge in [-0.05, 0) is 48.8 Å². The third kappa shape index (κ3) is 4.05. The summed E-state index contributed by atoms with van der Waals surface area (Å²) in [5, 5.41) is 0. The number of aryl methyl sites for hydroxylation is 1. The molecule has 2 atom stereocenters. The Morgan fingerprint density at radius 2 is 1.70 bits per heavy atom. The normalized spacial score (nSPS) is 24.9. The van der Waals surface area contributed by atoms with Crippen molar-refractivity contribution in [3.8, 4) is 0 Å². The SMILES string of the molecule is Cc1ccc(C2CN(C(=O)C3CCCC3)CC2CN2CCc3ccccc3C2)cc1. The van der Waals surface area contributed by atoms with Gasteiger partial charge in [0, 0.05) is 44.6 Å². The van der Waals surface area contributed by atoms with E-state index in [0.717, 1.165) is 52.0 Å². The van der Waals surface area contributed by atoms with E-state index in [1.165, 1.54) is 35.1 Å². The zero-order valence-corrected chi connectivity index (χ0v) is 18.2. The lowest BCUT2D eigenvalue weighted by Crippen LogP contribution is -2.37. The van der Waals surface area contributed by atoms with Gasteiger partial charge in [-0.25, -0.2) is 0 Å². The van der Waals surface area contributed by atoms with E-state index in [0.29, 0.717) is 17.7 Å². The molecule has 2 fully saturated rings. The minimum atomic E-state index is 0.282. The molecule has 0 aromatic heterocycles. The number of hydrogen-bond acceptors (Lipinski definition) is 2. The predicted octanol–water partition coefficient (Wildman–Crippen LogP) is 4.79. The van der Waals surface area contributed by atoms with E-state index in [1.807, 2.05) is 0 Å². The van der Waals surface area contributed by atoms with E-state index in [2.05, 4.69) is 65.3 Å². The highest BCUT2D eigenvalue weighted by Gasteiger charge is 2.39. The summed E-state index contributed by atoms with van der Waals surface area (Å²) in [7, 11) is 0. The first kappa shape index (κ1) is 19.8. The molecule has 0 bridgehead atoms. The molecule has 3 aliphatic rings. The van der Waals surface area contributed by atoms with Crippen LogP contribution in [0.4, 0.5) is 0 Å². The third-order valence-electron chi connectivity index (χ3n) is 7.67. The first-order valence-corrected chi connectivity index (χ1v) is 11.8. The summed E-state index contributed by atoms with van der Waals surface area (Å²) in [6, 6.07) is 17.9. The molecule has 2 aromatic carbocycles. The lowest BCUT2D eigenvalue weighted by atomic mass is 9.87. The van der Waals surface area contributed by atoms with E-state index in [1.54, 1.807) is 0 Å². The van der Waals surface area contributed by atoms with Gasteiger partial charge in [0.05, 0.1) is 0 Å². The number of fused-ring (bicyclic) bond motifs is 1. The van der Waals surface area contributed by atoms with Crippen LogP contribution in [0.1, 0.15) is 53.9 Å². The molecule has 2 aliphatic heterocycles. The lowest BCUT2D eigenvalue weighted by molar-refractivity contribution is -0.134. The molecule has 2 aromatic rings. The maximum absolute atomic E-state index is 13.2. The highest BCUT2D eigenvalue weighted by Crippen LogP contribution is 2.37. The standard InChI is InChI=1S/C27H34N2O/c1-20-10-12-22(13-11-20)26-19-29(27(30)23-7-3-4-8-23)18-25(26)17-28-15-14-21-6-2-5-9-24(21)16-28/h2,5-6,9-13,23,25-26H,3-4,7-8,14-19H2,1H3. The first-order chi connectivity index (χ1) is 14.7. The fourth-order valence-electron chi connectivity index (χ4n) is 5.90. The van der Waals surface area contributed by atoms with E-state index in [9.17, 15) is 4.79 Å². The van der Waals surface area contributed by atoms with Gasteiger partial charge < -0.3 is 4.90 Å². The summed E-state index contributed by atoms with van der Waals surface area (Å²) in [5.74, 6) is 1.68. The van der Waals surface area contributed by atoms with Crippen molar-refractivity contribution < 1.29 is 4.79 Å². The highest BCUT2D eigenvalue weighted by molar-refractivity contribution is 5.79. The molecule has 0 spiro atoms. The summed E-state index contributed by atoms with van der Waals surface area (Å²) in [6.45, 7) is 7.23. The topological polar surface area (TPSA) is 23.6 Å². The predicted molar refractivity (Wildman–Crippen MR) is 121 cm³/mol. The van der Waals surface area contributed by atoms with Crippen LogP contribution in [0.25, 0.3) is 0 Å². The van der Waals surface area contributed by atoms with Gasteiger partial charge in [0.1, 0.15) is 0 Å². The van der Waals surface area contributed by atoms with Crippen molar-refractivity contribution in [2.45, 2.75) is 51.5 Å². The third-order valence-corrected chi connectivity index (χ3v) is 7.67. The van der Waals surface area contributed by atoms with Gasteiger partial charge in [-0.3, -0.25) is 9.69 Å². The summed E-state index contributed by atoms with van der Waals surface area (Å²) in [4.78, 5) is 18.0. The van der Waals surface area contributed by atoms with Crippen LogP contribution in [0.3, 0.4) is 0 Å². The summed E-state index contributed by atoms with van der Waals surface area (Å²) in [6.07, 6.45) is 5.78. The van der Waals surface area contributed by atoms with Crippen LogP contribution in [0.15, 0.2) is 48.5 Å². The summed E-state index contributed by atoms with van der Waals surface area (Å²) in [5.41, 5.74) is 5.70. The number of hydrogen-bond donors (Lipinski definition) is 0. The molecule has 1 saturated heterocycles. The Hall–Kier alpha value is -2.13. The Kier molecular flexibility index (Phi) is 5.64. The quantitative estimate of drug-likeness (QED) is 0.734. The molecular weight excluding hydrogens is 368 g/mol.